The first kappa shape index (κ1) is 9.79. The van der Waals surface area contributed by atoms with Gasteiger partial charge >= 0.3 is 0 Å². The van der Waals surface area contributed by atoms with Crippen molar-refractivity contribution in [1.82, 2.24) is 0 Å². The predicted octanol–water partition coefficient (Wildman–Crippen LogP) is 0.112. The van der Waals surface area contributed by atoms with Gasteiger partial charge in [0.1, 0.15) is 19.6 Å². The summed E-state index contributed by atoms with van der Waals surface area (Å²) < 4.78 is 2.15. The topological polar surface area (TPSA) is 17.1 Å². The van der Waals surface area contributed by atoms with Crippen LogP contribution < -0.4 is 0 Å². The van der Waals surface area contributed by atoms with Gasteiger partial charge in [0, 0.05) is 0 Å². The Morgan fingerprint density at radius 1 is 1.20 bits per heavy atom. The molecule has 0 amide bonds. The number of likely N-dealkylation sites (N-methyl/N-ethyl adjacent to an activating group) is 2. The molecule has 3 fully saturated rings. The number of rotatable bonds is 0. The highest BCUT2D eigenvalue weighted by molar-refractivity contribution is 5.87. The van der Waals surface area contributed by atoms with Crippen molar-refractivity contribution in [3.05, 3.63) is 0 Å². The molecule has 0 aromatic heterocycles. The molecule has 0 aromatic carbocycles. The molecular formula is C12H22N2O+2. The summed E-state index contributed by atoms with van der Waals surface area (Å²) in [5.74, 6) is 1.17. The van der Waals surface area contributed by atoms with Crippen molar-refractivity contribution in [2.75, 3.05) is 53.4 Å². The van der Waals surface area contributed by atoms with Crippen molar-refractivity contribution in [1.29, 1.82) is 0 Å². The summed E-state index contributed by atoms with van der Waals surface area (Å²) in [6, 6.07) is 0. The maximum Gasteiger partial charge on any atom is 0.199 e. The van der Waals surface area contributed by atoms with Crippen LogP contribution in [0.3, 0.4) is 0 Å². The van der Waals surface area contributed by atoms with Gasteiger partial charge in [-0.3, -0.25) is 4.79 Å². The van der Waals surface area contributed by atoms with Gasteiger partial charge in [-0.05, 0) is 6.92 Å². The zero-order chi connectivity index (χ0) is 10.9. The normalized spacial score (nSPS) is 58.3. The molecule has 3 heterocycles. The number of nitrogens with zero attached hydrogens (tertiary/aromatic N) is 2. The number of carbonyl (C=O) groups excluding carboxylic acids is 1. The van der Waals surface area contributed by atoms with Gasteiger partial charge in [0.05, 0.1) is 45.1 Å². The van der Waals surface area contributed by atoms with Crippen LogP contribution in [0.15, 0.2) is 0 Å². The molecule has 3 heteroatoms. The highest BCUT2D eigenvalue weighted by Crippen LogP contribution is 2.46. The molecule has 0 aromatic rings. The second-order valence-electron chi connectivity index (χ2n) is 6.91. The monoisotopic (exact) mass is 210 g/mol. The molecule has 0 N–H and O–H groups in total. The molecule has 4 atom stereocenters. The number of ketones is 1. The summed E-state index contributed by atoms with van der Waals surface area (Å²) >= 11 is 0. The summed E-state index contributed by atoms with van der Waals surface area (Å²) in [7, 11) is 4.61. The Labute approximate surface area is 91.8 Å². The first-order valence-electron chi connectivity index (χ1n) is 6.06. The lowest BCUT2D eigenvalue weighted by Gasteiger charge is -2.45. The van der Waals surface area contributed by atoms with E-state index in [1.807, 2.05) is 0 Å². The quantitative estimate of drug-likeness (QED) is 0.519. The highest BCUT2D eigenvalue weighted by Gasteiger charge is 2.63. The maximum absolute atomic E-state index is 12.3. The fourth-order valence-corrected chi connectivity index (χ4v) is 4.24. The molecule has 4 unspecified atom stereocenters. The van der Waals surface area contributed by atoms with Crippen molar-refractivity contribution in [2.24, 2.45) is 11.3 Å². The Kier molecular flexibility index (Phi) is 1.61. The van der Waals surface area contributed by atoms with Gasteiger partial charge in [-0.1, -0.05) is 0 Å². The standard InChI is InChI=1S/C12H22N2O/c1-12-9-14(3)5-4-13(2,8-11(12)15)6-10(12)7-14/h10H,4-9H2,1-3H3/q+2. The molecule has 3 aliphatic heterocycles. The van der Waals surface area contributed by atoms with E-state index in [4.69, 9.17) is 0 Å². The van der Waals surface area contributed by atoms with E-state index in [0.29, 0.717) is 11.7 Å². The molecule has 3 saturated heterocycles. The van der Waals surface area contributed by atoms with Crippen molar-refractivity contribution in [3.8, 4) is 0 Å². The number of fused-ring (bicyclic) bond motifs is 2. The number of carbonyl (C=O) groups is 1. The molecule has 3 nitrogen and oxygen atoms in total. The third-order valence-electron chi connectivity index (χ3n) is 5.28. The summed E-state index contributed by atoms with van der Waals surface area (Å²) in [4.78, 5) is 12.3. The largest absolute Gasteiger partial charge is 0.320 e. The molecule has 0 spiro atoms. The van der Waals surface area contributed by atoms with Crippen LogP contribution in [-0.4, -0.2) is 68.1 Å². The van der Waals surface area contributed by atoms with E-state index in [9.17, 15) is 4.79 Å². The summed E-state index contributed by atoms with van der Waals surface area (Å²) in [5, 5.41) is 0. The molecule has 0 saturated carbocycles. The lowest BCUT2D eigenvalue weighted by Crippen LogP contribution is -2.64. The van der Waals surface area contributed by atoms with Gasteiger partial charge in [0.15, 0.2) is 5.78 Å². The second kappa shape index (κ2) is 2.46. The maximum atomic E-state index is 12.3. The van der Waals surface area contributed by atoms with Crippen LogP contribution >= 0.6 is 0 Å². The minimum absolute atomic E-state index is 0.00688. The SMILES string of the molecule is CC12C[N+]3(C)CC[N+](C)(CC1=O)CC2C3. The van der Waals surface area contributed by atoms with E-state index >= 15 is 0 Å². The number of hydrogen-bond donors (Lipinski definition) is 0. The van der Waals surface area contributed by atoms with Gasteiger partial charge < -0.3 is 8.97 Å². The first-order chi connectivity index (χ1) is 6.85. The minimum atomic E-state index is 0.00688. The smallest absolute Gasteiger partial charge is 0.199 e. The van der Waals surface area contributed by atoms with Crippen LogP contribution in [0.4, 0.5) is 0 Å². The van der Waals surface area contributed by atoms with Gasteiger partial charge in [-0.15, -0.1) is 0 Å². The highest BCUT2D eigenvalue weighted by atomic mass is 16.1. The fraction of sp³-hybridized carbons (Fsp3) is 0.917. The number of piperidine rings is 1. The Morgan fingerprint density at radius 2 is 1.80 bits per heavy atom. The molecular weight excluding hydrogens is 188 g/mol. The zero-order valence-electron chi connectivity index (χ0n) is 10.1. The van der Waals surface area contributed by atoms with E-state index in [2.05, 4.69) is 21.0 Å². The fourth-order valence-electron chi connectivity index (χ4n) is 4.24. The van der Waals surface area contributed by atoms with Gasteiger partial charge in [0.2, 0.25) is 0 Å². The molecule has 15 heavy (non-hydrogen) atoms. The average molecular weight is 210 g/mol. The Bertz CT molecular complexity index is 343. The Balaban J connectivity index is 2.08. The molecule has 0 aliphatic carbocycles. The van der Waals surface area contributed by atoms with E-state index in [1.54, 1.807) is 0 Å². The van der Waals surface area contributed by atoms with Crippen molar-refractivity contribution in [3.63, 3.8) is 0 Å². The molecule has 3 rings (SSSR count). The lowest BCUT2D eigenvalue weighted by molar-refractivity contribution is -0.949. The Hall–Kier alpha value is -0.410. The van der Waals surface area contributed by atoms with E-state index in [1.165, 1.54) is 26.2 Å². The first-order valence-corrected chi connectivity index (χ1v) is 6.06. The van der Waals surface area contributed by atoms with Crippen LogP contribution in [0.25, 0.3) is 0 Å². The van der Waals surface area contributed by atoms with E-state index in [0.717, 1.165) is 22.1 Å². The summed E-state index contributed by atoms with van der Waals surface area (Å²) in [6.07, 6.45) is 0. The van der Waals surface area contributed by atoms with Crippen molar-refractivity contribution < 1.29 is 13.8 Å². The second-order valence-corrected chi connectivity index (χ2v) is 6.91. The van der Waals surface area contributed by atoms with Crippen LogP contribution in [0, 0.1) is 11.3 Å². The number of Topliss-reactive ketones (excluding diaryl/α,β-unsaturated/α-hetero) is 1. The van der Waals surface area contributed by atoms with E-state index in [-0.39, 0.29) is 5.41 Å². The van der Waals surface area contributed by atoms with Gasteiger partial charge in [-0.2, -0.15) is 0 Å². The summed E-state index contributed by atoms with van der Waals surface area (Å²) in [6.45, 7) is 9.01. The minimum Gasteiger partial charge on any atom is -0.320 e. The molecule has 3 bridgehead atoms. The van der Waals surface area contributed by atoms with Gasteiger partial charge in [0.25, 0.3) is 0 Å². The van der Waals surface area contributed by atoms with Crippen LogP contribution in [0.5, 0.6) is 0 Å². The Morgan fingerprint density at radius 3 is 2.53 bits per heavy atom. The van der Waals surface area contributed by atoms with Crippen molar-refractivity contribution >= 4 is 5.78 Å². The third-order valence-corrected chi connectivity index (χ3v) is 5.28. The molecule has 3 aliphatic rings. The lowest BCUT2D eigenvalue weighted by atomic mass is 9.72. The molecule has 0 radical (unpaired) electrons. The van der Waals surface area contributed by atoms with Crippen molar-refractivity contribution in [2.45, 2.75) is 6.92 Å². The van der Waals surface area contributed by atoms with Crippen LogP contribution in [0.1, 0.15) is 6.92 Å². The molecule has 84 valence electrons. The predicted molar refractivity (Wildman–Crippen MR) is 58.2 cm³/mol. The third kappa shape index (κ3) is 1.16. The summed E-state index contributed by atoms with van der Waals surface area (Å²) in [5.41, 5.74) is 0.00688. The average Bonchev–Trinajstić information content (AvgIpc) is 2.29. The number of hydrogen-bond acceptors (Lipinski definition) is 1. The zero-order valence-corrected chi connectivity index (χ0v) is 10.1. The van der Waals surface area contributed by atoms with Crippen LogP contribution in [0.2, 0.25) is 0 Å². The van der Waals surface area contributed by atoms with E-state index < -0.39 is 0 Å². The number of quaternary nitrogens is 2. The van der Waals surface area contributed by atoms with Gasteiger partial charge in [-0.25, -0.2) is 0 Å². The van der Waals surface area contributed by atoms with Crippen LogP contribution in [-0.2, 0) is 4.79 Å².